The van der Waals surface area contributed by atoms with E-state index in [1.807, 2.05) is 6.92 Å². The van der Waals surface area contributed by atoms with Crippen LogP contribution in [0.4, 0.5) is 19.0 Å². The molecule has 0 spiro atoms. The third-order valence-corrected chi connectivity index (χ3v) is 3.40. The Hall–Kier alpha value is -2.84. The van der Waals surface area contributed by atoms with Gasteiger partial charge in [0.05, 0.1) is 6.04 Å². The smallest absolute Gasteiger partial charge is 0.406 e. The number of halogens is 3. The lowest BCUT2D eigenvalue weighted by Gasteiger charge is -2.16. The van der Waals surface area contributed by atoms with Crippen LogP contribution in [0.2, 0.25) is 0 Å². The molecule has 0 aliphatic heterocycles. The summed E-state index contributed by atoms with van der Waals surface area (Å²) in [5.74, 6) is 1.02. The van der Waals surface area contributed by atoms with Gasteiger partial charge < -0.3 is 10.1 Å². The Morgan fingerprint density at radius 3 is 2.46 bits per heavy atom. The summed E-state index contributed by atoms with van der Waals surface area (Å²) in [6.07, 6.45) is -4.69. The zero-order valence-corrected chi connectivity index (χ0v) is 12.9. The summed E-state index contributed by atoms with van der Waals surface area (Å²) in [5, 5.41) is 15.4. The van der Waals surface area contributed by atoms with Crippen LogP contribution in [-0.4, -0.2) is 26.2 Å². The highest BCUT2D eigenvalue weighted by atomic mass is 19.4. The molecule has 9 heteroatoms. The van der Waals surface area contributed by atoms with Gasteiger partial charge in [-0.05, 0) is 43.7 Å². The molecule has 0 aliphatic rings. The van der Waals surface area contributed by atoms with Gasteiger partial charge in [0.15, 0.2) is 11.5 Å². The highest BCUT2D eigenvalue weighted by Crippen LogP contribution is 2.25. The van der Waals surface area contributed by atoms with Gasteiger partial charge in [0.1, 0.15) is 11.6 Å². The van der Waals surface area contributed by atoms with Gasteiger partial charge in [-0.2, -0.15) is 4.52 Å². The molecule has 0 fully saturated rings. The maximum atomic E-state index is 12.2. The minimum atomic E-state index is -4.69. The number of hydrogen-bond donors (Lipinski definition) is 1. The summed E-state index contributed by atoms with van der Waals surface area (Å²) >= 11 is 0. The number of hydrogen-bond acceptors (Lipinski definition) is 5. The molecule has 0 saturated heterocycles. The number of anilines is 1. The van der Waals surface area contributed by atoms with Crippen LogP contribution in [0.15, 0.2) is 36.4 Å². The van der Waals surface area contributed by atoms with Crippen molar-refractivity contribution in [3.05, 3.63) is 47.8 Å². The van der Waals surface area contributed by atoms with Crippen LogP contribution in [0.3, 0.4) is 0 Å². The van der Waals surface area contributed by atoms with Gasteiger partial charge in [0, 0.05) is 0 Å². The highest BCUT2D eigenvalue weighted by molar-refractivity contribution is 5.45. The quantitative estimate of drug-likeness (QED) is 0.789. The number of alkyl halides is 3. The summed E-state index contributed by atoms with van der Waals surface area (Å²) < 4.78 is 42.0. The van der Waals surface area contributed by atoms with Gasteiger partial charge in [0.25, 0.3) is 0 Å². The fraction of sp³-hybridized carbons (Fsp3) is 0.267. The maximum Gasteiger partial charge on any atom is 0.573 e. The molecule has 0 bridgehead atoms. The minimum Gasteiger partial charge on any atom is -0.406 e. The Labute approximate surface area is 135 Å². The van der Waals surface area contributed by atoms with E-state index in [4.69, 9.17) is 0 Å². The first-order chi connectivity index (χ1) is 11.3. The van der Waals surface area contributed by atoms with Gasteiger partial charge >= 0.3 is 6.36 Å². The molecule has 3 aromatic rings. The molecule has 1 aromatic carbocycles. The average Bonchev–Trinajstić information content (AvgIpc) is 2.87. The molecular formula is C15H14F3N5O. The van der Waals surface area contributed by atoms with Crippen LogP contribution in [0.1, 0.15) is 24.4 Å². The van der Waals surface area contributed by atoms with Gasteiger partial charge in [-0.1, -0.05) is 12.1 Å². The van der Waals surface area contributed by atoms with E-state index in [1.54, 1.807) is 35.7 Å². The lowest BCUT2D eigenvalue weighted by Crippen LogP contribution is -2.17. The second kappa shape index (κ2) is 5.99. The first kappa shape index (κ1) is 16.0. The van der Waals surface area contributed by atoms with Crippen LogP contribution in [0.25, 0.3) is 5.65 Å². The van der Waals surface area contributed by atoms with Crippen molar-refractivity contribution in [2.24, 2.45) is 0 Å². The van der Waals surface area contributed by atoms with E-state index >= 15 is 0 Å². The van der Waals surface area contributed by atoms with E-state index in [9.17, 15) is 13.2 Å². The largest absolute Gasteiger partial charge is 0.573 e. The van der Waals surface area contributed by atoms with E-state index in [0.717, 1.165) is 5.56 Å². The van der Waals surface area contributed by atoms with Gasteiger partial charge in [-0.25, -0.2) is 0 Å². The molecule has 3 rings (SSSR count). The third kappa shape index (κ3) is 3.55. The summed E-state index contributed by atoms with van der Waals surface area (Å²) in [7, 11) is 0. The zero-order valence-electron chi connectivity index (χ0n) is 12.9. The zero-order chi connectivity index (χ0) is 17.3. The molecule has 1 atom stereocenters. The number of ether oxygens (including phenoxy) is 1. The third-order valence-electron chi connectivity index (χ3n) is 3.40. The van der Waals surface area contributed by atoms with Crippen LogP contribution in [0.5, 0.6) is 5.75 Å². The Bertz CT molecular complexity index is 844. The van der Waals surface area contributed by atoms with Crippen molar-refractivity contribution in [2.75, 3.05) is 5.32 Å². The van der Waals surface area contributed by atoms with Gasteiger partial charge in [-0.3, -0.25) is 0 Å². The predicted molar refractivity (Wildman–Crippen MR) is 80.7 cm³/mol. The number of fused-ring (bicyclic) bond motifs is 1. The Kier molecular flexibility index (Phi) is 4.00. The van der Waals surface area contributed by atoms with Gasteiger partial charge in [-0.15, -0.1) is 28.5 Å². The molecule has 0 amide bonds. The molecule has 0 saturated carbocycles. The molecule has 6 nitrogen and oxygen atoms in total. The number of aromatic nitrogens is 4. The van der Waals surface area contributed by atoms with Crippen molar-refractivity contribution >= 4 is 11.5 Å². The maximum absolute atomic E-state index is 12.2. The van der Waals surface area contributed by atoms with E-state index in [2.05, 4.69) is 25.3 Å². The van der Waals surface area contributed by atoms with E-state index in [1.165, 1.54) is 12.1 Å². The molecule has 0 unspecified atom stereocenters. The van der Waals surface area contributed by atoms with Crippen molar-refractivity contribution in [1.82, 2.24) is 19.8 Å². The molecule has 0 radical (unpaired) electrons. The second-order valence-corrected chi connectivity index (χ2v) is 5.22. The Balaban J connectivity index is 1.73. The standard InChI is InChI=1S/C15H14F3N5O/c1-9(11-3-5-12(6-4-11)24-15(16,17)18)19-13-7-8-14-21-20-10(2)23(14)22-13/h3-9H,1-2H3,(H,19,22)/t9-/m0/s1. The Morgan fingerprint density at radius 1 is 1.08 bits per heavy atom. The van der Waals surface area contributed by atoms with E-state index in [-0.39, 0.29) is 11.8 Å². The lowest BCUT2D eigenvalue weighted by atomic mass is 10.1. The summed E-state index contributed by atoms with van der Waals surface area (Å²) in [6.45, 7) is 3.67. The van der Waals surface area contributed by atoms with Crippen LogP contribution >= 0.6 is 0 Å². The lowest BCUT2D eigenvalue weighted by molar-refractivity contribution is -0.274. The number of aryl methyl sites for hydroxylation is 1. The molecule has 24 heavy (non-hydrogen) atoms. The first-order valence-electron chi connectivity index (χ1n) is 7.13. The van der Waals surface area contributed by atoms with Crippen molar-refractivity contribution < 1.29 is 17.9 Å². The van der Waals surface area contributed by atoms with Gasteiger partial charge in [0.2, 0.25) is 0 Å². The van der Waals surface area contributed by atoms with E-state index in [0.29, 0.717) is 17.3 Å². The number of nitrogens with one attached hydrogen (secondary N) is 1. The number of benzene rings is 1. The second-order valence-electron chi connectivity index (χ2n) is 5.22. The number of rotatable bonds is 4. The van der Waals surface area contributed by atoms with Crippen LogP contribution in [-0.2, 0) is 0 Å². The molecule has 2 aromatic heterocycles. The normalized spacial score (nSPS) is 13.0. The minimum absolute atomic E-state index is 0.160. The highest BCUT2D eigenvalue weighted by Gasteiger charge is 2.31. The SMILES string of the molecule is Cc1nnc2ccc(N[C@@H](C)c3ccc(OC(F)(F)F)cc3)nn12. The van der Waals surface area contributed by atoms with Crippen molar-refractivity contribution in [3.8, 4) is 5.75 Å². The molecule has 0 aliphatic carbocycles. The van der Waals surface area contributed by atoms with Crippen molar-refractivity contribution in [2.45, 2.75) is 26.3 Å². The molecular weight excluding hydrogens is 323 g/mol. The first-order valence-corrected chi connectivity index (χ1v) is 7.13. The fourth-order valence-corrected chi connectivity index (χ4v) is 2.24. The fourth-order valence-electron chi connectivity index (χ4n) is 2.24. The summed E-state index contributed by atoms with van der Waals surface area (Å²) in [6, 6.07) is 9.08. The van der Waals surface area contributed by atoms with E-state index < -0.39 is 6.36 Å². The number of nitrogens with zero attached hydrogens (tertiary/aromatic N) is 4. The van der Waals surface area contributed by atoms with Crippen LogP contribution < -0.4 is 10.1 Å². The summed E-state index contributed by atoms with van der Waals surface area (Å²) in [5.41, 5.74) is 1.44. The summed E-state index contributed by atoms with van der Waals surface area (Å²) in [4.78, 5) is 0. The molecule has 1 N–H and O–H groups in total. The average molecular weight is 337 g/mol. The topological polar surface area (TPSA) is 64.3 Å². The van der Waals surface area contributed by atoms with Crippen molar-refractivity contribution in [1.29, 1.82) is 0 Å². The molecule has 126 valence electrons. The predicted octanol–water partition coefficient (Wildman–Crippen LogP) is 3.50. The van der Waals surface area contributed by atoms with Crippen molar-refractivity contribution in [3.63, 3.8) is 0 Å². The monoisotopic (exact) mass is 337 g/mol. The molecule has 2 heterocycles. The van der Waals surface area contributed by atoms with Crippen LogP contribution in [0, 0.1) is 6.92 Å². The Morgan fingerprint density at radius 2 is 1.79 bits per heavy atom.